The number of benzene rings is 1. The number of rotatable bonds is 0. The lowest BCUT2D eigenvalue weighted by Crippen LogP contribution is -2.48. The van der Waals surface area contributed by atoms with Crippen LogP contribution in [0.2, 0.25) is 0 Å². The second-order valence-corrected chi connectivity index (χ2v) is 7.55. The molecule has 3 heteroatoms. The van der Waals surface area contributed by atoms with Crippen molar-refractivity contribution in [2.45, 2.75) is 44.2 Å². The Morgan fingerprint density at radius 3 is 2.95 bits per heavy atom. The molecule has 2 fully saturated rings. The molecule has 3 heterocycles. The number of nitrogens with zero attached hydrogens (tertiary/aromatic N) is 1. The molecule has 1 saturated carbocycles. The predicted octanol–water partition coefficient (Wildman–Crippen LogP) is 3.25. The highest BCUT2D eigenvalue weighted by Crippen LogP contribution is 2.46. The van der Waals surface area contributed by atoms with E-state index in [0.717, 1.165) is 18.8 Å². The molecule has 2 aliphatic heterocycles. The summed E-state index contributed by atoms with van der Waals surface area (Å²) in [5, 5.41) is 11.5. The highest BCUT2D eigenvalue weighted by atomic mass is 16.3. The van der Waals surface area contributed by atoms with Crippen molar-refractivity contribution >= 4 is 10.9 Å². The molecule has 5 rings (SSSR count). The molecule has 1 aromatic heterocycles. The Kier molecular flexibility index (Phi) is 2.89. The largest absolute Gasteiger partial charge is 0.393 e. The van der Waals surface area contributed by atoms with Crippen LogP contribution in [0, 0.1) is 11.8 Å². The molecule has 2 N–H and O–H groups in total. The number of piperidine rings is 1. The van der Waals surface area contributed by atoms with Gasteiger partial charge in [0.2, 0.25) is 0 Å². The first-order valence-electron chi connectivity index (χ1n) is 8.81. The monoisotopic (exact) mass is 296 g/mol. The van der Waals surface area contributed by atoms with E-state index >= 15 is 0 Å². The molecule has 0 amide bonds. The van der Waals surface area contributed by atoms with E-state index < -0.39 is 0 Å². The minimum atomic E-state index is -0.0569. The summed E-state index contributed by atoms with van der Waals surface area (Å²) in [6.07, 6.45) is 5.59. The first kappa shape index (κ1) is 13.1. The van der Waals surface area contributed by atoms with Crippen molar-refractivity contribution in [2.24, 2.45) is 11.8 Å². The van der Waals surface area contributed by atoms with Crippen LogP contribution in [0.15, 0.2) is 24.3 Å². The van der Waals surface area contributed by atoms with Gasteiger partial charge in [-0.25, -0.2) is 0 Å². The summed E-state index contributed by atoms with van der Waals surface area (Å²) in [6.45, 7) is 2.43. The van der Waals surface area contributed by atoms with Gasteiger partial charge in [0.1, 0.15) is 0 Å². The minimum Gasteiger partial charge on any atom is -0.393 e. The number of aromatic nitrogens is 1. The Morgan fingerprint density at radius 1 is 1.09 bits per heavy atom. The number of H-pyrrole nitrogens is 1. The summed E-state index contributed by atoms with van der Waals surface area (Å²) >= 11 is 0. The van der Waals surface area contributed by atoms with Gasteiger partial charge in [-0.2, -0.15) is 0 Å². The van der Waals surface area contributed by atoms with E-state index in [1.807, 2.05) is 0 Å². The van der Waals surface area contributed by atoms with Crippen LogP contribution in [0.25, 0.3) is 10.9 Å². The summed E-state index contributed by atoms with van der Waals surface area (Å²) in [5.41, 5.74) is 4.30. The fraction of sp³-hybridized carbons (Fsp3) is 0.579. The van der Waals surface area contributed by atoms with Crippen LogP contribution in [0.1, 0.15) is 43.0 Å². The van der Waals surface area contributed by atoms with Crippen LogP contribution in [0.3, 0.4) is 0 Å². The molecule has 3 nitrogen and oxygen atoms in total. The molecule has 22 heavy (non-hydrogen) atoms. The van der Waals surface area contributed by atoms with Crippen LogP contribution in [-0.4, -0.2) is 34.2 Å². The van der Waals surface area contributed by atoms with Gasteiger partial charge in [-0.05, 0) is 55.6 Å². The number of fused-ring (bicyclic) bond motifs is 6. The van der Waals surface area contributed by atoms with Crippen molar-refractivity contribution in [2.75, 3.05) is 13.1 Å². The molecule has 0 bridgehead atoms. The number of aromatic amines is 1. The van der Waals surface area contributed by atoms with Gasteiger partial charge in [-0.1, -0.05) is 18.2 Å². The maximum Gasteiger partial charge on any atom is 0.0543 e. The number of nitrogens with one attached hydrogen (secondary N) is 1. The van der Waals surface area contributed by atoms with Crippen molar-refractivity contribution in [3.8, 4) is 0 Å². The molecule has 0 spiro atoms. The van der Waals surface area contributed by atoms with Gasteiger partial charge in [0.25, 0.3) is 0 Å². The normalized spacial score (nSPS) is 35.0. The molecule has 3 aliphatic rings. The summed E-state index contributed by atoms with van der Waals surface area (Å²) in [5.74, 6) is 1.52. The van der Waals surface area contributed by atoms with Crippen molar-refractivity contribution in [3.63, 3.8) is 0 Å². The molecule has 0 radical (unpaired) electrons. The van der Waals surface area contributed by atoms with Gasteiger partial charge in [0, 0.05) is 29.7 Å². The topological polar surface area (TPSA) is 39.3 Å². The smallest absolute Gasteiger partial charge is 0.0543 e. The first-order chi connectivity index (χ1) is 10.8. The minimum absolute atomic E-state index is 0.0569. The highest BCUT2D eigenvalue weighted by molar-refractivity contribution is 5.85. The average molecular weight is 296 g/mol. The fourth-order valence-electron chi connectivity index (χ4n) is 5.27. The molecule has 1 aromatic carbocycles. The Bertz CT molecular complexity index is 707. The zero-order valence-electron chi connectivity index (χ0n) is 13.0. The number of para-hydroxylation sites is 1. The molecule has 1 aliphatic carbocycles. The van der Waals surface area contributed by atoms with E-state index in [1.165, 1.54) is 48.9 Å². The molecule has 1 saturated heterocycles. The van der Waals surface area contributed by atoms with E-state index in [2.05, 4.69) is 34.1 Å². The molecule has 4 atom stereocenters. The van der Waals surface area contributed by atoms with Crippen molar-refractivity contribution in [3.05, 3.63) is 35.5 Å². The third-order valence-corrected chi connectivity index (χ3v) is 6.38. The van der Waals surface area contributed by atoms with Crippen LogP contribution < -0.4 is 0 Å². The Hall–Kier alpha value is -1.32. The van der Waals surface area contributed by atoms with Gasteiger partial charge in [0.15, 0.2) is 0 Å². The zero-order valence-corrected chi connectivity index (χ0v) is 13.0. The highest BCUT2D eigenvalue weighted by Gasteiger charge is 2.42. The third kappa shape index (κ3) is 1.88. The summed E-state index contributed by atoms with van der Waals surface area (Å²) in [7, 11) is 0. The Morgan fingerprint density at radius 2 is 2.00 bits per heavy atom. The maximum atomic E-state index is 10.0. The van der Waals surface area contributed by atoms with Crippen LogP contribution >= 0.6 is 0 Å². The number of aliphatic hydroxyl groups is 1. The van der Waals surface area contributed by atoms with Gasteiger partial charge in [-0.15, -0.1) is 0 Å². The predicted molar refractivity (Wildman–Crippen MR) is 87.8 cm³/mol. The van der Waals surface area contributed by atoms with Gasteiger partial charge in [0.05, 0.1) is 12.1 Å². The number of hydrogen-bond donors (Lipinski definition) is 2. The van der Waals surface area contributed by atoms with Crippen LogP contribution in [0.5, 0.6) is 0 Å². The molecular weight excluding hydrogens is 272 g/mol. The van der Waals surface area contributed by atoms with Gasteiger partial charge in [-0.3, -0.25) is 4.90 Å². The van der Waals surface area contributed by atoms with E-state index in [-0.39, 0.29) is 6.10 Å². The van der Waals surface area contributed by atoms with Crippen molar-refractivity contribution < 1.29 is 5.11 Å². The summed E-state index contributed by atoms with van der Waals surface area (Å²) in [4.78, 5) is 6.42. The van der Waals surface area contributed by atoms with Crippen LogP contribution in [0.4, 0.5) is 0 Å². The summed E-state index contributed by atoms with van der Waals surface area (Å²) in [6, 6.07) is 9.28. The van der Waals surface area contributed by atoms with E-state index in [1.54, 1.807) is 5.56 Å². The lowest BCUT2D eigenvalue weighted by molar-refractivity contribution is -0.0107. The first-order valence-corrected chi connectivity index (χ1v) is 8.81. The second kappa shape index (κ2) is 4.84. The standard InChI is InChI=1S/C19H24N2O/c22-14-6-5-12-11-21-8-7-16-15-3-1-2-4-17(15)20-19(16)18(21)10-13(12)9-14/h1-4,12-14,18,20,22H,5-11H2/t12-,13-,14-,18-/m0/s1. The van der Waals surface area contributed by atoms with Gasteiger partial charge < -0.3 is 10.1 Å². The quantitative estimate of drug-likeness (QED) is 0.783. The number of aliphatic hydroxyl groups excluding tert-OH is 1. The molecule has 0 unspecified atom stereocenters. The molecule has 2 aromatic rings. The van der Waals surface area contributed by atoms with E-state index in [9.17, 15) is 5.11 Å². The summed E-state index contributed by atoms with van der Waals surface area (Å²) < 4.78 is 0. The van der Waals surface area contributed by atoms with Gasteiger partial charge >= 0.3 is 0 Å². The zero-order chi connectivity index (χ0) is 14.7. The second-order valence-electron chi connectivity index (χ2n) is 7.55. The van der Waals surface area contributed by atoms with E-state index in [0.29, 0.717) is 12.0 Å². The SMILES string of the molecule is O[C@H]1CC[C@H]2CN3CCc4c([nH]c5ccccc45)[C@@H]3C[C@@H]2C1. The maximum absolute atomic E-state index is 10.0. The fourth-order valence-corrected chi connectivity index (χ4v) is 5.27. The lowest BCUT2D eigenvalue weighted by atomic mass is 9.70. The third-order valence-electron chi connectivity index (χ3n) is 6.38. The van der Waals surface area contributed by atoms with Crippen LogP contribution in [-0.2, 0) is 6.42 Å². The Labute approximate surface area is 131 Å². The lowest BCUT2D eigenvalue weighted by Gasteiger charge is -2.48. The number of hydrogen-bond acceptors (Lipinski definition) is 2. The average Bonchev–Trinajstić information content (AvgIpc) is 2.92. The van der Waals surface area contributed by atoms with Crippen molar-refractivity contribution in [1.82, 2.24) is 9.88 Å². The molecular formula is C19H24N2O. The van der Waals surface area contributed by atoms with E-state index in [4.69, 9.17) is 0 Å². The Balaban J connectivity index is 1.53. The molecule has 116 valence electrons. The van der Waals surface area contributed by atoms with Crippen molar-refractivity contribution in [1.29, 1.82) is 0 Å².